The first-order valence-corrected chi connectivity index (χ1v) is 9.87. The summed E-state index contributed by atoms with van der Waals surface area (Å²) in [4.78, 5) is 9.02. The molecule has 1 aromatic heterocycles. The number of nitrogens with one attached hydrogen (secondary N) is 1. The summed E-state index contributed by atoms with van der Waals surface area (Å²) in [6.07, 6.45) is 3.68. The Hall–Kier alpha value is -2.10. The van der Waals surface area contributed by atoms with Crippen LogP contribution in [0.5, 0.6) is 0 Å². The molecule has 5 rings (SSSR count). The fraction of sp³-hybridized carbons (Fsp3) is 0.391. The number of benzene rings is 2. The van der Waals surface area contributed by atoms with Crippen LogP contribution in [0.3, 0.4) is 0 Å². The van der Waals surface area contributed by atoms with Gasteiger partial charge in [0, 0.05) is 42.3 Å². The lowest BCUT2D eigenvalue weighted by Gasteiger charge is -2.44. The van der Waals surface area contributed by atoms with Crippen molar-refractivity contribution in [1.29, 1.82) is 0 Å². The summed E-state index contributed by atoms with van der Waals surface area (Å²) >= 11 is 0. The summed E-state index contributed by atoms with van der Waals surface area (Å²) < 4.78 is 0. The first-order chi connectivity index (χ1) is 12.8. The fourth-order valence-electron chi connectivity index (χ4n) is 4.99. The van der Waals surface area contributed by atoms with E-state index in [2.05, 4.69) is 76.4 Å². The number of para-hydroxylation sites is 1. The van der Waals surface area contributed by atoms with Crippen LogP contribution in [0.15, 0.2) is 54.6 Å². The number of aromatic amines is 1. The van der Waals surface area contributed by atoms with Crippen LogP contribution in [0.4, 0.5) is 0 Å². The number of piperidine rings is 1. The van der Waals surface area contributed by atoms with E-state index in [1.54, 1.807) is 5.56 Å². The Balaban J connectivity index is 1.39. The quantitative estimate of drug-likeness (QED) is 0.762. The average Bonchev–Trinajstić information content (AvgIpc) is 3.07. The van der Waals surface area contributed by atoms with Gasteiger partial charge in [0.05, 0.1) is 6.04 Å². The summed E-state index contributed by atoms with van der Waals surface area (Å²) in [6.45, 7) is 3.45. The molecule has 0 unspecified atom stereocenters. The zero-order valence-electron chi connectivity index (χ0n) is 15.5. The van der Waals surface area contributed by atoms with Gasteiger partial charge in [-0.15, -0.1) is 0 Å². The van der Waals surface area contributed by atoms with Gasteiger partial charge in [0.1, 0.15) is 0 Å². The molecule has 3 heterocycles. The van der Waals surface area contributed by atoms with Crippen LogP contribution < -0.4 is 0 Å². The van der Waals surface area contributed by atoms with Crippen LogP contribution in [-0.4, -0.2) is 41.0 Å². The van der Waals surface area contributed by atoms with Crippen LogP contribution in [0.25, 0.3) is 10.9 Å². The smallest absolute Gasteiger partial charge is 0.0516 e. The maximum absolute atomic E-state index is 3.76. The summed E-state index contributed by atoms with van der Waals surface area (Å²) in [7, 11) is 2.29. The van der Waals surface area contributed by atoms with Crippen molar-refractivity contribution in [3.63, 3.8) is 0 Å². The SMILES string of the molecule is CN(Cc1ccccc1)[C@@H]1CCN2CCc3c([nH]c4ccccc34)[C@@H]2C1. The molecule has 1 N–H and O–H groups in total. The third-order valence-corrected chi connectivity index (χ3v) is 6.41. The highest BCUT2D eigenvalue weighted by atomic mass is 15.2. The first-order valence-electron chi connectivity index (χ1n) is 9.87. The highest BCUT2D eigenvalue weighted by Crippen LogP contribution is 2.40. The maximum Gasteiger partial charge on any atom is 0.0516 e. The topological polar surface area (TPSA) is 22.3 Å². The molecule has 2 aromatic carbocycles. The van der Waals surface area contributed by atoms with Gasteiger partial charge in [-0.3, -0.25) is 9.80 Å². The number of fused-ring (bicyclic) bond motifs is 5. The predicted molar refractivity (Wildman–Crippen MR) is 107 cm³/mol. The normalized spacial score (nSPS) is 23.2. The molecular formula is C23H27N3. The van der Waals surface area contributed by atoms with Crippen molar-refractivity contribution in [2.24, 2.45) is 0 Å². The summed E-state index contributed by atoms with van der Waals surface area (Å²) in [5.74, 6) is 0. The zero-order chi connectivity index (χ0) is 17.5. The van der Waals surface area contributed by atoms with Gasteiger partial charge in [0.15, 0.2) is 0 Å². The molecule has 3 aromatic rings. The molecule has 0 aliphatic carbocycles. The molecule has 0 spiro atoms. The monoisotopic (exact) mass is 345 g/mol. The van der Waals surface area contributed by atoms with Gasteiger partial charge in [-0.1, -0.05) is 48.5 Å². The molecule has 1 saturated heterocycles. The van der Waals surface area contributed by atoms with Gasteiger partial charge in [-0.25, -0.2) is 0 Å². The van der Waals surface area contributed by atoms with Crippen LogP contribution in [0, 0.1) is 0 Å². The summed E-state index contributed by atoms with van der Waals surface area (Å²) in [5, 5.41) is 1.43. The van der Waals surface area contributed by atoms with Crippen molar-refractivity contribution in [3.8, 4) is 0 Å². The molecule has 1 fully saturated rings. The van der Waals surface area contributed by atoms with E-state index in [1.807, 2.05) is 0 Å². The lowest BCUT2D eigenvalue weighted by atomic mass is 9.88. The second kappa shape index (κ2) is 6.57. The van der Waals surface area contributed by atoms with E-state index in [0.717, 1.165) is 6.54 Å². The summed E-state index contributed by atoms with van der Waals surface area (Å²) in [6, 6.07) is 20.9. The molecule has 3 nitrogen and oxygen atoms in total. The van der Waals surface area contributed by atoms with Crippen molar-refractivity contribution in [2.75, 3.05) is 20.1 Å². The van der Waals surface area contributed by atoms with E-state index in [0.29, 0.717) is 12.1 Å². The van der Waals surface area contributed by atoms with Crippen molar-refractivity contribution in [3.05, 3.63) is 71.4 Å². The van der Waals surface area contributed by atoms with Gasteiger partial charge < -0.3 is 4.98 Å². The molecule has 0 saturated carbocycles. The number of aromatic nitrogens is 1. The molecule has 0 radical (unpaired) electrons. The van der Waals surface area contributed by atoms with E-state index in [1.165, 1.54) is 54.5 Å². The van der Waals surface area contributed by atoms with E-state index in [9.17, 15) is 0 Å². The minimum atomic E-state index is 0.545. The fourth-order valence-corrected chi connectivity index (χ4v) is 4.99. The zero-order valence-corrected chi connectivity index (χ0v) is 15.5. The van der Waals surface area contributed by atoms with Gasteiger partial charge in [0.2, 0.25) is 0 Å². The van der Waals surface area contributed by atoms with Crippen LogP contribution in [0.2, 0.25) is 0 Å². The molecule has 2 atom stereocenters. The van der Waals surface area contributed by atoms with Crippen molar-refractivity contribution in [2.45, 2.75) is 37.9 Å². The van der Waals surface area contributed by atoms with Gasteiger partial charge in [-0.05, 0) is 43.5 Å². The second-order valence-electron chi connectivity index (χ2n) is 7.94. The Bertz CT molecular complexity index is 898. The highest BCUT2D eigenvalue weighted by molar-refractivity contribution is 5.85. The number of H-pyrrole nitrogens is 1. The molecular weight excluding hydrogens is 318 g/mol. The molecule has 0 amide bonds. The van der Waals surface area contributed by atoms with Gasteiger partial charge in [-0.2, -0.15) is 0 Å². The first kappa shape index (κ1) is 16.1. The van der Waals surface area contributed by atoms with Gasteiger partial charge >= 0.3 is 0 Å². The van der Waals surface area contributed by atoms with Crippen LogP contribution in [-0.2, 0) is 13.0 Å². The lowest BCUT2D eigenvalue weighted by Crippen LogP contribution is -2.47. The number of rotatable bonds is 3. The number of hydrogen-bond acceptors (Lipinski definition) is 2. The predicted octanol–water partition coefficient (Wildman–Crippen LogP) is 4.36. The Morgan fingerprint density at radius 2 is 1.85 bits per heavy atom. The van der Waals surface area contributed by atoms with E-state index >= 15 is 0 Å². The van der Waals surface area contributed by atoms with Crippen molar-refractivity contribution in [1.82, 2.24) is 14.8 Å². The second-order valence-corrected chi connectivity index (χ2v) is 7.94. The Morgan fingerprint density at radius 1 is 1.04 bits per heavy atom. The molecule has 26 heavy (non-hydrogen) atoms. The third-order valence-electron chi connectivity index (χ3n) is 6.41. The number of nitrogens with zero attached hydrogens (tertiary/aromatic N) is 2. The lowest BCUT2D eigenvalue weighted by molar-refractivity contribution is 0.0662. The van der Waals surface area contributed by atoms with E-state index in [4.69, 9.17) is 0 Å². The Morgan fingerprint density at radius 3 is 2.73 bits per heavy atom. The molecule has 0 bridgehead atoms. The molecule has 134 valence electrons. The average molecular weight is 345 g/mol. The Labute approximate surface area is 155 Å². The highest BCUT2D eigenvalue weighted by Gasteiger charge is 2.36. The molecule has 3 heteroatoms. The molecule has 2 aliphatic rings. The largest absolute Gasteiger partial charge is 0.357 e. The number of hydrogen-bond donors (Lipinski definition) is 1. The van der Waals surface area contributed by atoms with Crippen molar-refractivity contribution < 1.29 is 0 Å². The van der Waals surface area contributed by atoms with E-state index in [-0.39, 0.29) is 0 Å². The minimum Gasteiger partial charge on any atom is -0.357 e. The Kier molecular flexibility index (Phi) is 4.07. The minimum absolute atomic E-state index is 0.545. The van der Waals surface area contributed by atoms with Gasteiger partial charge in [0.25, 0.3) is 0 Å². The maximum atomic E-state index is 3.76. The van der Waals surface area contributed by atoms with Crippen LogP contribution in [0.1, 0.15) is 35.7 Å². The summed E-state index contributed by atoms with van der Waals surface area (Å²) in [5.41, 5.74) is 5.76. The molecule has 2 aliphatic heterocycles. The van der Waals surface area contributed by atoms with E-state index < -0.39 is 0 Å². The standard InChI is InChI=1S/C23H27N3/c1-25(16-17-7-3-2-4-8-17)18-11-13-26-14-12-20-19-9-5-6-10-21(19)24-23(20)22(26)15-18/h2-10,18,22,24H,11-16H2,1H3/t18-,22+/m1/s1. The van der Waals surface area contributed by atoms with Crippen molar-refractivity contribution >= 4 is 10.9 Å². The third kappa shape index (κ3) is 2.76. The van der Waals surface area contributed by atoms with Crippen LogP contribution >= 0.6 is 0 Å².